The number of aliphatic hydroxyl groups is 3. The minimum absolute atomic E-state index is 0.166. The molecular weight excluding hydrogens is 663 g/mol. The number of carbonyl (C=O) groups excluding carboxylic acids is 2. The van der Waals surface area contributed by atoms with Crippen molar-refractivity contribution in [3.63, 3.8) is 0 Å². The van der Waals surface area contributed by atoms with Gasteiger partial charge in [-0.2, -0.15) is 0 Å². The molecule has 1 rings (SSSR count). The van der Waals surface area contributed by atoms with E-state index in [1.807, 2.05) is 0 Å². The van der Waals surface area contributed by atoms with Gasteiger partial charge < -0.3 is 34.6 Å². The second-order valence-corrected chi connectivity index (χ2v) is 15.4. The summed E-state index contributed by atoms with van der Waals surface area (Å²) in [4.78, 5) is 43.0. The van der Waals surface area contributed by atoms with Crippen molar-refractivity contribution >= 4 is 19.8 Å². The van der Waals surface area contributed by atoms with Gasteiger partial charge in [0.25, 0.3) is 0 Å². The summed E-state index contributed by atoms with van der Waals surface area (Å²) in [6.07, 6.45) is 21.8. The van der Waals surface area contributed by atoms with E-state index in [0.717, 1.165) is 44.4 Å². The van der Waals surface area contributed by atoms with Crippen molar-refractivity contribution in [3.05, 3.63) is 24.3 Å². The molecule has 12 heteroatoms. The minimum atomic E-state index is -4.84. The fourth-order valence-corrected chi connectivity index (χ4v) is 6.62. The van der Waals surface area contributed by atoms with Gasteiger partial charge in [-0.05, 0) is 31.1 Å². The maximum Gasteiger partial charge on any atom is 0.469 e. The molecule has 0 aromatic rings. The smallest absolute Gasteiger partial charge is 0.462 e. The predicted octanol–water partition coefficient (Wildman–Crippen LogP) is 7.47. The normalized spacial score (nSPS) is 21.5. The third-order valence-corrected chi connectivity index (χ3v) is 10.1. The van der Waals surface area contributed by atoms with Gasteiger partial charge in [0, 0.05) is 18.8 Å². The van der Waals surface area contributed by atoms with Crippen molar-refractivity contribution in [2.24, 2.45) is 17.8 Å². The van der Waals surface area contributed by atoms with Crippen LogP contribution in [-0.4, -0.2) is 74.7 Å². The first-order valence-electron chi connectivity index (χ1n) is 19.3. The van der Waals surface area contributed by atoms with E-state index >= 15 is 0 Å². The molecule has 0 aromatic carbocycles. The molecule has 1 fully saturated rings. The average molecular weight is 733 g/mol. The topological polar surface area (TPSA) is 180 Å². The largest absolute Gasteiger partial charge is 0.469 e. The SMILES string of the molecule is CCCCC[C@@H](O)/C=C/[C@@H]1[C@H](C/C=C\CC(=O)O[C@H](COC(=O)CCCCCCCCCCCCC(C)CC)COP(=O)(O)O)[C@@H](O)C[C@H]1O. The average Bonchev–Trinajstić information content (AvgIpc) is 3.34. The number of hydrogen-bond acceptors (Lipinski definition) is 9. The zero-order valence-corrected chi connectivity index (χ0v) is 31.9. The summed E-state index contributed by atoms with van der Waals surface area (Å²) in [7, 11) is -4.84. The summed E-state index contributed by atoms with van der Waals surface area (Å²) in [6.45, 7) is 5.62. The number of carbonyl (C=O) groups is 2. The molecule has 292 valence electrons. The third kappa shape index (κ3) is 23.8. The molecule has 1 saturated carbocycles. The zero-order valence-electron chi connectivity index (χ0n) is 31.0. The molecule has 11 nitrogen and oxygen atoms in total. The van der Waals surface area contributed by atoms with Crippen LogP contribution < -0.4 is 0 Å². The van der Waals surface area contributed by atoms with E-state index in [-0.39, 0.29) is 31.1 Å². The van der Waals surface area contributed by atoms with Crippen LogP contribution in [0.5, 0.6) is 0 Å². The van der Waals surface area contributed by atoms with Crippen molar-refractivity contribution < 1.29 is 53.3 Å². The van der Waals surface area contributed by atoms with Crippen LogP contribution in [-0.2, 0) is 28.2 Å². The van der Waals surface area contributed by atoms with E-state index in [2.05, 4.69) is 25.3 Å². The molecule has 0 aliphatic heterocycles. The van der Waals surface area contributed by atoms with Crippen LogP contribution in [0, 0.1) is 17.8 Å². The zero-order chi connectivity index (χ0) is 37.2. The maximum atomic E-state index is 12.5. The summed E-state index contributed by atoms with van der Waals surface area (Å²) in [5.74, 6) is -0.983. The Bertz CT molecular complexity index is 997. The third-order valence-electron chi connectivity index (χ3n) is 9.62. The van der Waals surface area contributed by atoms with Crippen LogP contribution in [0.1, 0.15) is 149 Å². The number of phosphoric acid groups is 1. The Morgan fingerprint density at radius 1 is 0.820 bits per heavy atom. The number of phosphoric ester groups is 1. The molecule has 0 bridgehead atoms. The number of aliphatic hydroxyl groups excluding tert-OH is 3. The number of allylic oxidation sites excluding steroid dienone is 1. The maximum absolute atomic E-state index is 12.5. The van der Waals surface area contributed by atoms with Crippen molar-refractivity contribution in [1.29, 1.82) is 0 Å². The van der Waals surface area contributed by atoms with E-state index in [1.165, 1.54) is 51.4 Å². The van der Waals surface area contributed by atoms with E-state index in [9.17, 15) is 29.5 Å². The first kappa shape index (κ1) is 46.4. The van der Waals surface area contributed by atoms with Gasteiger partial charge in [-0.3, -0.25) is 14.1 Å². The standard InChI is InChI=1S/C38H69O11P/c1-4-6-15-21-31(39)25-26-34-33(35(40)27-36(34)41)22-18-19-24-38(43)49-32(29-48-50(44,45)46)28-47-37(42)23-17-14-12-10-8-7-9-11-13-16-20-30(3)5-2/h18-19,25-26,30-36,39-41H,4-17,20-24,27-29H2,1-3H3,(H2,44,45,46)/b19-18-,26-25+/t30?,31-,32-,33+,34-,35+,36-/m1/s1. The molecule has 5 N–H and O–H groups in total. The molecule has 0 amide bonds. The van der Waals surface area contributed by atoms with Gasteiger partial charge in [0.15, 0.2) is 6.10 Å². The van der Waals surface area contributed by atoms with Gasteiger partial charge in [-0.15, -0.1) is 0 Å². The number of unbranched alkanes of at least 4 members (excludes halogenated alkanes) is 11. The summed E-state index contributed by atoms with van der Waals surface area (Å²) in [5.41, 5.74) is 0. The van der Waals surface area contributed by atoms with Crippen LogP contribution >= 0.6 is 7.82 Å². The quantitative estimate of drug-likeness (QED) is 0.0214. The summed E-state index contributed by atoms with van der Waals surface area (Å²) < 4.78 is 26.3. The first-order chi connectivity index (χ1) is 23.9. The molecule has 1 unspecified atom stereocenters. The van der Waals surface area contributed by atoms with E-state index in [4.69, 9.17) is 19.3 Å². The fraction of sp³-hybridized carbons (Fsp3) is 0.842. The van der Waals surface area contributed by atoms with Gasteiger partial charge in [-0.25, -0.2) is 4.57 Å². The molecule has 7 atom stereocenters. The second kappa shape index (κ2) is 28.0. The van der Waals surface area contributed by atoms with Gasteiger partial charge in [-0.1, -0.05) is 135 Å². The molecule has 1 aliphatic rings. The Balaban J connectivity index is 2.39. The number of ether oxygens (including phenoxy) is 2. The van der Waals surface area contributed by atoms with E-state index in [1.54, 1.807) is 24.3 Å². The molecule has 1 aliphatic carbocycles. The lowest BCUT2D eigenvalue weighted by Gasteiger charge is -2.20. The molecule has 0 aromatic heterocycles. The molecule has 50 heavy (non-hydrogen) atoms. The lowest BCUT2D eigenvalue weighted by molar-refractivity contribution is -0.160. The summed E-state index contributed by atoms with van der Waals surface area (Å²) in [6, 6.07) is 0. The highest BCUT2D eigenvalue weighted by atomic mass is 31.2. The van der Waals surface area contributed by atoms with Crippen molar-refractivity contribution in [3.8, 4) is 0 Å². The number of esters is 2. The molecule has 0 heterocycles. The van der Waals surface area contributed by atoms with Gasteiger partial charge in [0.2, 0.25) is 0 Å². The van der Waals surface area contributed by atoms with Crippen LogP contribution in [0.3, 0.4) is 0 Å². The fourth-order valence-electron chi connectivity index (χ4n) is 6.26. The highest BCUT2D eigenvalue weighted by Crippen LogP contribution is 2.37. The monoisotopic (exact) mass is 732 g/mol. The van der Waals surface area contributed by atoms with Crippen molar-refractivity contribution in [2.75, 3.05) is 13.2 Å². The Morgan fingerprint density at radius 2 is 1.44 bits per heavy atom. The second-order valence-electron chi connectivity index (χ2n) is 14.1. The van der Waals surface area contributed by atoms with Gasteiger partial charge in [0.1, 0.15) is 6.61 Å². The lowest BCUT2D eigenvalue weighted by Crippen LogP contribution is -2.29. The van der Waals surface area contributed by atoms with Crippen LogP contribution in [0.4, 0.5) is 0 Å². The molecule has 0 spiro atoms. The Kier molecular flexibility index (Phi) is 26.0. The van der Waals surface area contributed by atoms with Crippen LogP contribution in [0.25, 0.3) is 0 Å². The van der Waals surface area contributed by atoms with E-state index in [0.29, 0.717) is 19.3 Å². The number of rotatable bonds is 30. The molecule has 0 radical (unpaired) electrons. The Morgan fingerprint density at radius 3 is 2.06 bits per heavy atom. The number of hydrogen-bond donors (Lipinski definition) is 5. The molecular formula is C38H69O11P. The minimum Gasteiger partial charge on any atom is -0.462 e. The summed E-state index contributed by atoms with van der Waals surface area (Å²) >= 11 is 0. The van der Waals surface area contributed by atoms with Gasteiger partial charge in [0.05, 0.1) is 31.3 Å². The Hall–Kier alpha value is -1.59. The first-order valence-corrected chi connectivity index (χ1v) is 20.8. The van der Waals surface area contributed by atoms with Crippen molar-refractivity contribution in [2.45, 2.75) is 174 Å². The van der Waals surface area contributed by atoms with Gasteiger partial charge >= 0.3 is 19.8 Å². The van der Waals surface area contributed by atoms with Crippen molar-refractivity contribution in [1.82, 2.24) is 0 Å². The highest BCUT2D eigenvalue weighted by Gasteiger charge is 2.39. The Labute approximate surface area is 301 Å². The molecule has 0 saturated heterocycles. The van der Waals surface area contributed by atoms with Crippen LogP contribution in [0.2, 0.25) is 0 Å². The van der Waals surface area contributed by atoms with E-state index < -0.39 is 57.4 Å². The van der Waals surface area contributed by atoms with Crippen LogP contribution in [0.15, 0.2) is 24.3 Å². The highest BCUT2D eigenvalue weighted by molar-refractivity contribution is 7.46. The lowest BCUT2D eigenvalue weighted by atomic mass is 9.89. The summed E-state index contributed by atoms with van der Waals surface area (Å²) in [5, 5.41) is 31.1. The predicted molar refractivity (Wildman–Crippen MR) is 195 cm³/mol.